The van der Waals surface area contributed by atoms with Crippen LogP contribution >= 0.6 is 0 Å². The molecule has 1 fully saturated rings. The smallest absolute Gasteiger partial charge is 0.223 e. The quantitative estimate of drug-likeness (QED) is 0.841. The minimum Gasteiger partial charge on any atom is -0.497 e. The van der Waals surface area contributed by atoms with Crippen molar-refractivity contribution in [3.8, 4) is 5.75 Å². The first-order valence-electron chi connectivity index (χ1n) is 9.62. The SMILES string of the molecule is COc1ccc2ccc3c(c2c1)C(CCNC(=O)C1CC1)CCC3OC. The zero-order valence-corrected chi connectivity index (χ0v) is 15.6. The summed E-state index contributed by atoms with van der Waals surface area (Å²) in [6.07, 6.45) is 5.34. The van der Waals surface area contributed by atoms with E-state index in [1.165, 1.54) is 21.9 Å². The minimum atomic E-state index is 0.151. The molecule has 0 aliphatic heterocycles. The van der Waals surface area contributed by atoms with E-state index in [2.05, 4.69) is 29.6 Å². The van der Waals surface area contributed by atoms with Crippen molar-refractivity contribution < 1.29 is 14.3 Å². The number of fused-ring (bicyclic) bond motifs is 3. The monoisotopic (exact) mass is 353 g/mol. The van der Waals surface area contributed by atoms with Crippen LogP contribution in [0.15, 0.2) is 30.3 Å². The largest absolute Gasteiger partial charge is 0.497 e. The molecular weight excluding hydrogens is 326 g/mol. The van der Waals surface area contributed by atoms with Gasteiger partial charge in [-0.15, -0.1) is 0 Å². The average Bonchev–Trinajstić information content (AvgIpc) is 3.52. The van der Waals surface area contributed by atoms with Crippen LogP contribution in [0.25, 0.3) is 10.8 Å². The molecule has 0 spiro atoms. The van der Waals surface area contributed by atoms with Gasteiger partial charge >= 0.3 is 0 Å². The average molecular weight is 353 g/mol. The third kappa shape index (κ3) is 3.30. The molecule has 4 rings (SSSR count). The summed E-state index contributed by atoms with van der Waals surface area (Å²) in [5, 5.41) is 5.61. The fraction of sp³-hybridized carbons (Fsp3) is 0.500. The molecule has 26 heavy (non-hydrogen) atoms. The summed E-state index contributed by atoms with van der Waals surface area (Å²) < 4.78 is 11.2. The van der Waals surface area contributed by atoms with E-state index in [1.54, 1.807) is 14.2 Å². The number of nitrogens with one attached hydrogen (secondary N) is 1. The molecule has 1 amide bonds. The van der Waals surface area contributed by atoms with Crippen LogP contribution in [0.4, 0.5) is 0 Å². The summed E-state index contributed by atoms with van der Waals surface area (Å²) in [7, 11) is 3.50. The van der Waals surface area contributed by atoms with Crippen LogP contribution in [0.1, 0.15) is 55.3 Å². The number of benzene rings is 2. The zero-order chi connectivity index (χ0) is 18.1. The van der Waals surface area contributed by atoms with Gasteiger partial charge in [-0.2, -0.15) is 0 Å². The Bertz CT molecular complexity index is 812. The van der Waals surface area contributed by atoms with E-state index < -0.39 is 0 Å². The third-order valence-electron chi connectivity index (χ3n) is 5.86. The number of carbonyl (C=O) groups excluding carboxylic acids is 1. The molecule has 0 saturated heterocycles. The molecule has 2 aromatic rings. The Kier molecular flexibility index (Phi) is 4.86. The molecule has 2 aliphatic rings. The van der Waals surface area contributed by atoms with Gasteiger partial charge in [-0.05, 0) is 72.1 Å². The van der Waals surface area contributed by atoms with Crippen LogP contribution in [-0.4, -0.2) is 26.7 Å². The van der Waals surface area contributed by atoms with Crippen molar-refractivity contribution in [2.75, 3.05) is 20.8 Å². The molecule has 1 N–H and O–H groups in total. The van der Waals surface area contributed by atoms with Crippen LogP contribution in [0.3, 0.4) is 0 Å². The summed E-state index contributed by atoms with van der Waals surface area (Å²) in [6, 6.07) is 10.7. The van der Waals surface area contributed by atoms with E-state index in [4.69, 9.17) is 9.47 Å². The zero-order valence-electron chi connectivity index (χ0n) is 15.6. The Balaban J connectivity index is 1.64. The van der Waals surface area contributed by atoms with Gasteiger partial charge in [0.05, 0.1) is 13.2 Å². The van der Waals surface area contributed by atoms with E-state index in [0.717, 1.165) is 44.4 Å². The predicted molar refractivity (Wildman–Crippen MR) is 103 cm³/mol. The normalized spacial score (nSPS) is 22.1. The Hall–Kier alpha value is -2.07. The molecule has 4 nitrogen and oxygen atoms in total. The van der Waals surface area contributed by atoms with Crippen molar-refractivity contribution in [1.82, 2.24) is 5.32 Å². The lowest BCUT2D eigenvalue weighted by molar-refractivity contribution is -0.122. The van der Waals surface area contributed by atoms with Gasteiger partial charge in [0.25, 0.3) is 0 Å². The lowest BCUT2D eigenvalue weighted by Crippen LogP contribution is -2.28. The molecule has 2 atom stereocenters. The lowest BCUT2D eigenvalue weighted by Gasteiger charge is -2.32. The van der Waals surface area contributed by atoms with Gasteiger partial charge in [0.15, 0.2) is 0 Å². The summed E-state index contributed by atoms with van der Waals surface area (Å²) >= 11 is 0. The number of carbonyl (C=O) groups is 1. The maximum Gasteiger partial charge on any atom is 0.223 e. The summed E-state index contributed by atoms with van der Waals surface area (Å²) in [5.41, 5.74) is 2.66. The van der Waals surface area contributed by atoms with Crippen LogP contribution < -0.4 is 10.1 Å². The highest BCUT2D eigenvalue weighted by Gasteiger charge is 2.31. The molecule has 1 saturated carbocycles. The fourth-order valence-corrected chi connectivity index (χ4v) is 4.25. The molecule has 138 valence electrons. The maximum absolute atomic E-state index is 11.9. The van der Waals surface area contributed by atoms with Crippen molar-refractivity contribution in [2.24, 2.45) is 5.92 Å². The Labute approximate surface area is 154 Å². The van der Waals surface area contributed by atoms with Crippen molar-refractivity contribution in [2.45, 2.75) is 44.1 Å². The van der Waals surface area contributed by atoms with Crippen LogP contribution in [0.2, 0.25) is 0 Å². The van der Waals surface area contributed by atoms with E-state index >= 15 is 0 Å². The van der Waals surface area contributed by atoms with Gasteiger partial charge in [-0.3, -0.25) is 4.79 Å². The standard InChI is InChI=1S/C22H27NO3/c1-25-17-8-5-14-6-9-18-20(26-2)10-7-15(21(18)19(14)13-17)11-12-23-22(24)16-3-4-16/h5-6,8-9,13,15-16,20H,3-4,7,10-12H2,1-2H3,(H,23,24). The first-order chi connectivity index (χ1) is 12.7. The van der Waals surface area contributed by atoms with Crippen molar-refractivity contribution >= 4 is 16.7 Å². The Morgan fingerprint density at radius 3 is 2.65 bits per heavy atom. The first kappa shape index (κ1) is 17.3. The second-order valence-electron chi connectivity index (χ2n) is 7.51. The van der Waals surface area contributed by atoms with Gasteiger partial charge in [-0.25, -0.2) is 0 Å². The highest BCUT2D eigenvalue weighted by Crippen LogP contribution is 2.44. The van der Waals surface area contributed by atoms with E-state index in [9.17, 15) is 4.79 Å². The first-order valence-corrected chi connectivity index (χ1v) is 9.62. The molecule has 2 aromatic carbocycles. The molecular formula is C22H27NO3. The summed E-state index contributed by atoms with van der Waals surface area (Å²) in [4.78, 5) is 11.9. The van der Waals surface area contributed by atoms with Crippen LogP contribution in [0.5, 0.6) is 5.75 Å². The Morgan fingerprint density at radius 2 is 1.92 bits per heavy atom. The molecule has 0 radical (unpaired) electrons. The maximum atomic E-state index is 11.9. The molecule has 2 unspecified atom stereocenters. The Morgan fingerprint density at radius 1 is 1.12 bits per heavy atom. The number of amides is 1. The van der Waals surface area contributed by atoms with E-state index in [-0.39, 0.29) is 17.9 Å². The lowest BCUT2D eigenvalue weighted by atomic mass is 9.77. The molecule has 4 heteroatoms. The number of hydrogen-bond acceptors (Lipinski definition) is 3. The van der Waals surface area contributed by atoms with E-state index in [1.807, 2.05) is 6.07 Å². The van der Waals surface area contributed by atoms with Crippen molar-refractivity contribution in [3.63, 3.8) is 0 Å². The van der Waals surface area contributed by atoms with Gasteiger partial charge in [0.2, 0.25) is 5.91 Å². The molecule has 0 aromatic heterocycles. The van der Waals surface area contributed by atoms with Gasteiger partial charge in [-0.1, -0.05) is 18.2 Å². The molecule has 0 heterocycles. The van der Waals surface area contributed by atoms with E-state index in [0.29, 0.717) is 5.92 Å². The number of hydrogen-bond donors (Lipinski definition) is 1. The van der Waals surface area contributed by atoms with Crippen LogP contribution in [-0.2, 0) is 9.53 Å². The van der Waals surface area contributed by atoms with Gasteiger partial charge in [0.1, 0.15) is 5.75 Å². The molecule has 2 aliphatic carbocycles. The summed E-state index contributed by atoms with van der Waals surface area (Å²) in [6.45, 7) is 0.747. The fourth-order valence-electron chi connectivity index (χ4n) is 4.25. The topological polar surface area (TPSA) is 47.6 Å². The van der Waals surface area contributed by atoms with Gasteiger partial charge in [0, 0.05) is 19.6 Å². The number of ether oxygens (including phenoxy) is 2. The summed E-state index contributed by atoms with van der Waals surface area (Å²) in [5.74, 6) is 1.82. The minimum absolute atomic E-state index is 0.151. The number of methoxy groups -OCH3 is 2. The predicted octanol–water partition coefficient (Wildman–Crippen LogP) is 4.33. The highest BCUT2D eigenvalue weighted by molar-refractivity contribution is 5.89. The molecule has 0 bridgehead atoms. The highest BCUT2D eigenvalue weighted by atomic mass is 16.5. The van der Waals surface area contributed by atoms with Crippen LogP contribution in [0, 0.1) is 5.92 Å². The van der Waals surface area contributed by atoms with Gasteiger partial charge < -0.3 is 14.8 Å². The third-order valence-corrected chi connectivity index (χ3v) is 5.86. The van der Waals surface area contributed by atoms with Crippen molar-refractivity contribution in [1.29, 1.82) is 0 Å². The van der Waals surface area contributed by atoms with Crippen molar-refractivity contribution in [3.05, 3.63) is 41.5 Å². The second-order valence-corrected chi connectivity index (χ2v) is 7.51. The second kappa shape index (κ2) is 7.28. The number of rotatable bonds is 6.